The molecule has 0 radical (unpaired) electrons. The number of halogens is 1. The number of rotatable bonds is 3. The summed E-state index contributed by atoms with van der Waals surface area (Å²) in [6, 6.07) is 4.60. The average molecular weight is 296 g/mol. The molecule has 0 saturated carbocycles. The molecule has 0 unspecified atom stereocenters. The molecule has 0 atom stereocenters. The van der Waals surface area contributed by atoms with E-state index >= 15 is 0 Å². The number of carbonyl (C=O) groups is 2. The Kier molecular flexibility index (Phi) is 3.82. The first-order valence-corrected chi connectivity index (χ1v) is 6.56. The van der Waals surface area contributed by atoms with Crippen LogP contribution in [0.25, 0.3) is 0 Å². The number of carbonyl (C=O) groups excluding carboxylic acids is 2. The van der Waals surface area contributed by atoms with Crippen LogP contribution in [0, 0.1) is 0 Å². The number of benzene rings is 1. The van der Waals surface area contributed by atoms with Crippen molar-refractivity contribution in [3.05, 3.63) is 39.9 Å². The van der Waals surface area contributed by atoms with Gasteiger partial charge in [-0.05, 0) is 18.2 Å². The molecule has 0 bridgehead atoms. The number of amides is 1. The largest absolute Gasteiger partial charge is 0.398 e. The maximum Gasteiger partial charge on any atom is 0.257 e. The monoisotopic (exact) mass is 295 g/mol. The molecule has 0 aliphatic rings. The van der Waals surface area contributed by atoms with Crippen molar-refractivity contribution in [3.63, 3.8) is 0 Å². The number of hydrogen-bond donors (Lipinski definition) is 2. The summed E-state index contributed by atoms with van der Waals surface area (Å²) in [6.07, 6.45) is 0. The van der Waals surface area contributed by atoms with Crippen LogP contribution < -0.4 is 11.1 Å². The molecule has 0 aliphatic heterocycles. The third kappa shape index (κ3) is 3.10. The molecule has 1 aromatic heterocycles. The van der Waals surface area contributed by atoms with Gasteiger partial charge >= 0.3 is 0 Å². The average Bonchev–Trinajstić information content (AvgIpc) is 2.81. The Morgan fingerprint density at radius 2 is 2.16 bits per heavy atom. The number of Topliss-reactive ketones (excluding diaryl/α,β-unsaturated/α-hetero) is 1. The van der Waals surface area contributed by atoms with E-state index in [0.29, 0.717) is 27.1 Å². The number of nitrogen functional groups attached to an aromatic ring is 1. The predicted octanol–water partition coefficient (Wildman–Crippen LogP) is 2.83. The molecule has 3 N–H and O–H groups in total. The Morgan fingerprint density at radius 1 is 1.42 bits per heavy atom. The van der Waals surface area contributed by atoms with Crippen molar-refractivity contribution in [1.29, 1.82) is 0 Å². The quantitative estimate of drug-likeness (QED) is 0.673. The predicted molar refractivity (Wildman–Crippen MR) is 75.9 cm³/mol. The number of nitrogens with zero attached hydrogens (tertiary/aromatic N) is 1. The van der Waals surface area contributed by atoms with E-state index in [1.165, 1.54) is 24.3 Å². The summed E-state index contributed by atoms with van der Waals surface area (Å²) in [5.41, 5.74) is 6.68. The van der Waals surface area contributed by atoms with E-state index in [0.717, 1.165) is 0 Å². The lowest BCUT2D eigenvalue weighted by atomic mass is 10.2. The highest BCUT2D eigenvalue weighted by molar-refractivity contribution is 7.14. The molecular weight excluding hydrogens is 286 g/mol. The van der Waals surface area contributed by atoms with Crippen molar-refractivity contribution < 1.29 is 9.59 Å². The van der Waals surface area contributed by atoms with Gasteiger partial charge in [0.2, 0.25) is 0 Å². The second-order valence-corrected chi connectivity index (χ2v) is 5.05. The Labute approximate surface area is 118 Å². The smallest absolute Gasteiger partial charge is 0.257 e. The number of thiazole rings is 1. The number of nitrogens with one attached hydrogen (secondary N) is 1. The summed E-state index contributed by atoms with van der Waals surface area (Å²) < 4.78 is 0. The van der Waals surface area contributed by atoms with Crippen molar-refractivity contribution in [3.8, 4) is 0 Å². The van der Waals surface area contributed by atoms with Gasteiger partial charge in [0, 0.05) is 17.9 Å². The highest BCUT2D eigenvalue weighted by Crippen LogP contribution is 2.21. The van der Waals surface area contributed by atoms with E-state index in [-0.39, 0.29) is 11.7 Å². The van der Waals surface area contributed by atoms with Gasteiger partial charge in [0.1, 0.15) is 5.69 Å². The van der Waals surface area contributed by atoms with Gasteiger partial charge < -0.3 is 5.73 Å². The molecule has 1 heterocycles. The molecule has 0 fully saturated rings. The molecule has 2 rings (SSSR count). The van der Waals surface area contributed by atoms with E-state index in [2.05, 4.69) is 10.3 Å². The van der Waals surface area contributed by atoms with Crippen molar-refractivity contribution in [2.24, 2.45) is 0 Å². The molecule has 0 saturated heterocycles. The maximum absolute atomic E-state index is 11.9. The molecule has 7 heteroatoms. The Bertz CT molecular complexity index is 654. The van der Waals surface area contributed by atoms with E-state index in [1.807, 2.05) is 0 Å². The number of aromatic nitrogens is 1. The van der Waals surface area contributed by atoms with Crippen molar-refractivity contribution in [1.82, 2.24) is 4.98 Å². The fourth-order valence-electron chi connectivity index (χ4n) is 1.33. The Hall–Kier alpha value is -1.92. The van der Waals surface area contributed by atoms with Gasteiger partial charge in [0.05, 0.1) is 10.7 Å². The van der Waals surface area contributed by atoms with Crippen LogP contribution in [-0.2, 0) is 0 Å². The number of anilines is 2. The normalized spacial score (nSPS) is 10.2. The molecule has 0 aliphatic carbocycles. The summed E-state index contributed by atoms with van der Waals surface area (Å²) in [5, 5.41) is 4.87. The minimum absolute atomic E-state index is 0.146. The summed E-state index contributed by atoms with van der Waals surface area (Å²) >= 11 is 7.03. The van der Waals surface area contributed by atoms with E-state index in [4.69, 9.17) is 17.3 Å². The zero-order valence-corrected chi connectivity index (χ0v) is 11.5. The molecule has 1 amide bonds. The van der Waals surface area contributed by atoms with Crippen LogP contribution in [-0.4, -0.2) is 16.7 Å². The van der Waals surface area contributed by atoms with Crippen molar-refractivity contribution >= 4 is 45.4 Å². The summed E-state index contributed by atoms with van der Waals surface area (Å²) in [5.74, 6) is -0.501. The number of hydrogen-bond acceptors (Lipinski definition) is 5. The lowest BCUT2D eigenvalue weighted by Gasteiger charge is -2.03. The topological polar surface area (TPSA) is 85.1 Å². The first kappa shape index (κ1) is 13.5. The minimum Gasteiger partial charge on any atom is -0.398 e. The van der Waals surface area contributed by atoms with E-state index < -0.39 is 0 Å². The standard InChI is InChI=1S/C12H10ClN3O2S/c1-6(17)10-5-19-12(15-10)16-11(18)7-2-3-9(14)8(13)4-7/h2-5H,14H2,1H3,(H,15,16,18). The zero-order chi connectivity index (χ0) is 14.0. The first-order valence-electron chi connectivity index (χ1n) is 5.30. The van der Waals surface area contributed by atoms with Crippen LogP contribution in [0.5, 0.6) is 0 Å². The highest BCUT2D eigenvalue weighted by atomic mass is 35.5. The second kappa shape index (κ2) is 5.38. The summed E-state index contributed by atoms with van der Waals surface area (Å²) in [4.78, 5) is 27.0. The van der Waals surface area contributed by atoms with E-state index in [9.17, 15) is 9.59 Å². The Balaban J connectivity index is 2.15. The van der Waals surface area contributed by atoms with Crippen LogP contribution in [0.15, 0.2) is 23.6 Å². The maximum atomic E-state index is 11.9. The van der Waals surface area contributed by atoms with Crippen LogP contribution in [0.1, 0.15) is 27.8 Å². The van der Waals surface area contributed by atoms with Crippen molar-refractivity contribution in [2.45, 2.75) is 6.92 Å². The van der Waals surface area contributed by atoms with Crippen LogP contribution in [0.2, 0.25) is 5.02 Å². The van der Waals surface area contributed by atoms with Crippen LogP contribution in [0.3, 0.4) is 0 Å². The third-order valence-corrected chi connectivity index (χ3v) is 3.43. The zero-order valence-electron chi connectivity index (χ0n) is 9.94. The molecule has 5 nitrogen and oxygen atoms in total. The van der Waals surface area contributed by atoms with Crippen LogP contribution in [0.4, 0.5) is 10.8 Å². The van der Waals surface area contributed by atoms with Gasteiger partial charge in [-0.2, -0.15) is 0 Å². The fraction of sp³-hybridized carbons (Fsp3) is 0.0833. The Morgan fingerprint density at radius 3 is 2.74 bits per heavy atom. The molecule has 98 valence electrons. The summed E-state index contributed by atoms with van der Waals surface area (Å²) in [7, 11) is 0. The van der Waals surface area contributed by atoms with Gasteiger partial charge in [-0.1, -0.05) is 11.6 Å². The first-order chi connectivity index (χ1) is 8.97. The van der Waals surface area contributed by atoms with Gasteiger partial charge in [-0.25, -0.2) is 4.98 Å². The third-order valence-electron chi connectivity index (χ3n) is 2.35. The molecule has 2 aromatic rings. The molecule has 1 aromatic carbocycles. The van der Waals surface area contributed by atoms with Gasteiger partial charge in [0.25, 0.3) is 5.91 Å². The number of nitrogens with two attached hydrogens (primary N) is 1. The minimum atomic E-state index is -0.355. The van der Waals surface area contributed by atoms with E-state index in [1.54, 1.807) is 17.5 Å². The summed E-state index contributed by atoms with van der Waals surface area (Å²) in [6.45, 7) is 1.42. The molecule has 19 heavy (non-hydrogen) atoms. The fourth-order valence-corrected chi connectivity index (χ4v) is 2.26. The highest BCUT2D eigenvalue weighted by Gasteiger charge is 2.11. The van der Waals surface area contributed by atoms with Gasteiger partial charge in [-0.15, -0.1) is 11.3 Å². The number of ketones is 1. The van der Waals surface area contributed by atoms with Crippen LogP contribution >= 0.6 is 22.9 Å². The lowest BCUT2D eigenvalue weighted by Crippen LogP contribution is -2.12. The van der Waals surface area contributed by atoms with Crippen molar-refractivity contribution in [2.75, 3.05) is 11.1 Å². The molecular formula is C12H10ClN3O2S. The molecule has 0 spiro atoms. The van der Waals surface area contributed by atoms with Gasteiger partial charge in [0.15, 0.2) is 10.9 Å². The SMILES string of the molecule is CC(=O)c1csc(NC(=O)c2ccc(N)c(Cl)c2)n1. The van der Waals surface area contributed by atoms with Gasteiger partial charge in [-0.3, -0.25) is 14.9 Å². The second-order valence-electron chi connectivity index (χ2n) is 3.78. The lowest BCUT2D eigenvalue weighted by molar-refractivity contribution is 0.100.